The number of carbonyl (C=O) groups is 2. The number of benzene rings is 3. The molecule has 0 aromatic heterocycles. The molecule has 30 heavy (non-hydrogen) atoms. The number of carbonyl (C=O) groups excluding carboxylic acids is 2. The van der Waals surface area contributed by atoms with Crippen LogP contribution in [0.15, 0.2) is 65.6 Å². The van der Waals surface area contributed by atoms with E-state index in [-0.39, 0.29) is 34.0 Å². The van der Waals surface area contributed by atoms with Crippen molar-refractivity contribution in [2.75, 3.05) is 0 Å². The van der Waals surface area contributed by atoms with Crippen molar-refractivity contribution in [2.24, 2.45) is 0 Å². The highest BCUT2D eigenvalue weighted by Crippen LogP contribution is 2.39. The van der Waals surface area contributed by atoms with Gasteiger partial charge < -0.3 is 5.32 Å². The Balaban J connectivity index is 1.41. The maximum atomic E-state index is 12.8. The second kappa shape index (κ2) is 6.67. The van der Waals surface area contributed by atoms with Gasteiger partial charge in [-0.15, -0.1) is 0 Å². The maximum absolute atomic E-state index is 12.8. The number of hydrogen-bond acceptors (Lipinski definition) is 4. The molecule has 0 radical (unpaired) electrons. The minimum absolute atomic E-state index is 0.0783. The number of fused-ring (bicyclic) bond motifs is 2. The Hall–Kier alpha value is -3.19. The fourth-order valence-electron chi connectivity index (χ4n) is 3.90. The van der Waals surface area contributed by atoms with Crippen LogP contribution < -0.4 is 5.32 Å². The van der Waals surface area contributed by atoms with Crippen LogP contribution >= 0.6 is 0 Å². The van der Waals surface area contributed by atoms with E-state index in [1.54, 1.807) is 0 Å². The summed E-state index contributed by atoms with van der Waals surface area (Å²) in [6.07, 6.45) is 1.38. The van der Waals surface area contributed by atoms with Crippen LogP contribution in [0, 0.1) is 0 Å². The van der Waals surface area contributed by atoms with E-state index in [9.17, 15) is 18.0 Å². The number of nitrogens with zero attached hydrogens (tertiary/aromatic N) is 1. The van der Waals surface area contributed by atoms with Crippen LogP contribution in [0.25, 0.3) is 10.8 Å². The van der Waals surface area contributed by atoms with Gasteiger partial charge in [0.25, 0.3) is 21.8 Å². The van der Waals surface area contributed by atoms with Gasteiger partial charge in [-0.25, -0.2) is 12.7 Å². The van der Waals surface area contributed by atoms with Crippen LogP contribution in [-0.2, 0) is 10.0 Å². The normalized spacial score (nSPS) is 18.3. The average Bonchev–Trinajstić information content (AvgIpc) is 3.54. The summed E-state index contributed by atoms with van der Waals surface area (Å²) in [7, 11) is -3.89. The van der Waals surface area contributed by atoms with E-state index in [1.165, 1.54) is 18.2 Å². The number of nitrogens with one attached hydrogen (secondary N) is 1. The third-order valence-corrected chi connectivity index (χ3v) is 7.59. The van der Waals surface area contributed by atoms with Gasteiger partial charge in [0.05, 0.1) is 11.6 Å². The number of hydrogen-bond donors (Lipinski definition) is 1. The predicted molar refractivity (Wildman–Crippen MR) is 113 cm³/mol. The lowest BCUT2D eigenvalue weighted by molar-refractivity contribution is 0.0863. The van der Waals surface area contributed by atoms with E-state index >= 15 is 0 Å². The molecule has 1 atom stereocenters. The molecule has 1 unspecified atom stereocenters. The lowest BCUT2D eigenvalue weighted by Gasteiger charge is -2.15. The Morgan fingerprint density at radius 1 is 1.03 bits per heavy atom. The molecule has 2 aliphatic rings. The van der Waals surface area contributed by atoms with Gasteiger partial charge in [-0.1, -0.05) is 36.4 Å². The fraction of sp³-hybridized carbons (Fsp3) is 0.217. The van der Waals surface area contributed by atoms with E-state index in [4.69, 9.17) is 0 Å². The van der Waals surface area contributed by atoms with Gasteiger partial charge in [0.15, 0.2) is 0 Å². The van der Waals surface area contributed by atoms with E-state index in [0.717, 1.165) is 20.6 Å². The summed E-state index contributed by atoms with van der Waals surface area (Å²) < 4.78 is 26.6. The quantitative estimate of drug-likeness (QED) is 0.699. The highest BCUT2D eigenvalue weighted by molar-refractivity contribution is 7.90. The smallest absolute Gasteiger partial charge is 0.269 e. The molecular weight excluding hydrogens is 400 g/mol. The second-order valence-corrected chi connectivity index (χ2v) is 9.63. The molecule has 6 nitrogen and oxygen atoms in total. The first-order valence-electron chi connectivity index (χ1n) is 9.88. The minimum Gasteiger partial charge on any atom is -0.346 e. The highest BCUT2D eigenvalue weighted by atomic mass is 32.2. The molecule has 1 fully saturated rings. The zero-order valence-corrected chi connectivity index (χ0v) is 17.1. The largest absolute Gasteiger partial charge is 0.346 e. The molecule has 5 rings (SSSR count). The number of rotatable bonds is 4. The molecule has 1 heterocycles. The minimum atomic E-state index is -3.89. The average molecular weight is 420 g/mol. The highest BCUT2D eigenvalue weighted by Gasteiger charge is 2.48. The van der Waals surface area contributed by atoms with Crippen molar-refractivity contribution in [1.82, 2.24) is 9.62 Å². The summed E-state index contributed by atoms with van der Waals surface area (Å²) >= 11 is 0. The third kappa shape index (κ3) is 2.97. The Morgan fingerprint density at radius 2 is 1.77 bits per heavy atom. The summed E-state index contributed by atoms with van der Waals surface area (Å²) in [5, 5.41) is 5.12. The van der Waals surface area contributed by atoms with Gasteiger partial charge in [0.2, 0.25) is 0 Å². The van der Waals surface area contributed by atoms with E-state index in [0.29, 0.717) is 12.8 Å². The first-order chi connectivity index (χ1) is 14.4. The molecule has 1 saturated carbocycles. The van der Waals surface area contributed by atoms with E-state index < -0.39 is 15.9 Å². The van der Waals surface area contributed by atoms with E-state index in [1.807, 2.05) is 49.4 Å². The lowest BCUT2D eigenvalue weighted by Crippen LogP contribution is -2.32. The monoisotopic (exact) mass is 420 g/mol. The Morgan fingerprint density at radius 3 is 2.50 bits per heavy atom. The summed E-state index contributed by atoms with van der Waals surface area (Å²) in [4.78, 5) is 25.2. The molecule has 3 aromatic carbocycles. The zero-order chi connectivity index (χ0) is 21.0. The van der Waals surface area contributed by atoms with Gasteiger partial charge in [-0.2, -0.15) is 0 Å². The molecule has 1 aliphatic heterocycles. The summed E-state index contributed by atoms with van der Waals surface area (Å²) in [5.41, 5.74) is 1.31. The van der Waals surface area contributed by atoms with Crippen molar-refractivity contribution >= 4 is 32.6 Å². The molecule has 7 heteroatoms. The van der Waals surface area contributed by atoms with Crippen LogP contribution in [0.4, 0.5) is 0 Å². The first kappa shape index (κ1) is 18.8. The number of amides is 2. The molecule has 1 N–H and O–H groups in total. The van der Waals surface area contributed by atoms with Crippen LogP contribution in [0.5, 0.6) is 0 Å². The summed E-state index contributed by atoms with van der Waals surface area (Å²) in [6, 6.07) is 17.7. The predicted octanol–water partition coefficient (Wildman–Crippen LogP) is 3.64. The van der Waals surface area contributed by atoms with Crippen molar-refractivity contribution in [1.29, 1.82) is 0 Å². The first-order valence-corrected chi connectivity index (χ1v) is 11.3. The van der Waals surface area contributed by atoms with Crippen molar-refractivity contribution < 1.29 is 18.0 Å². The van der Waals surface area contributed by atoms with Crippen LogP contribution in [0.1, 0.15) is 52.1 Å². The van der Waals surface area contributed by atoms with Crippen LogP contribution in [-0.4, -0.2) is 30.6 Å². The molecule has 2 amide bonds. The van der Waals surface area contributed by atoms with Crippen LogP contribution in [0.2, 0.25) is 0 Å². The molecule has 3 aromatic rings. The molecule has 152 valence electrons. The second-order valence-electron chi connectivity index (χ2n) is 7.85. The molecule has 0 spiro atoms. The van der Waals surface area contributed by atoms with Crippen molar-refractivity contribution in [3.05, 3.63) is 77.4 Å². The van der Waals surface area contributed by atoms with Crippen molar-refractivity contribution in [2.45, 2.75) is 36.7 Å². The van der Waals surface area contributed by atoms with Crippen molar-refractivity contribution in [3.63, 3.8) is 0 Å². The van der Waals surface area contributed by atoms with Crippen LogP contribution in [0.3, 0.4) is 0 Å². The van der Waals surface area contributed by atoms with Gasteiger partial charge >= 0.3 is 0 Å². The lowest BCUT2D eigenvalue weighted by atomic mass is 10.0. The standard InChI is InChI=1S/C23H20N2O4S/c1-14(16-7-6-15-4-2-3-5-17(15)12-16)24-22(26)18-8-11-20-21(13-18)30(28,29)25(23(20)27)19-9-10-19/h2-8,11-14,19H,9-10H2,1H3,(H,24,26). The summed E-state index contributed by atoms with van der Waals surface area (Å²) in [6.45, 7) is 1.88. The molecule has 0 bridgehead atoms. The van der Waals surface area contributed by atoms with Gasteiger partial charge in [-0.05, 0) is 60.4 Å². The van der Waals surface area contributed by atoms with Gasteiger partial charge in [-0.3, -0.25) is 9.59 Å². The Labute approximate surface area is 174 Å². The SMILES string of the molecule is CC(NC(=O)c1ccc2c(c1)S(=O)(=O)N(C1CC1)C2=O)c1ccc2ccccc2c1. The topological polar surface area (TPSA) is 83.6 Å². The molecular formula is C23H20N2O4S. The van der Waals surface area contributed by atoms with E-state index in [2.05, 4.69) is 5.32 Å². The van der Waals surface area contributed by atoms with Gasteiger partial charge in [0, 0.05) is 11.6 Å². The molecule has 0 saturated heterocycles. The van der Waals surface area contributed by atoms with Crippen molar-refractivity contribution in [3.8, 4) is 0 Å². The molecule has 1 aliphatic carbocycles. The van der Waals surface area contributed by atoms with Gasteiger partial charge in [0.1, 0.15) is 4.90 Å². The summed E-state index contributed by atoms with van der Waals surface area (Å²) in [5.74, 6) is -0.880. The maximum Gasteiger partial charge on any atom is 0.269 e. The number of sulfonamides is 1. The Bertz CT molecular complexity index is 1310. The fourth-order valence-corrected chi connectivity index (χ4v) is 5.74. The third-order valence-electron chi connectivity index (χ3n) is 5.71. The zero-order valence-electron chi connectivity index (χ0n) is 16.3. The Kier molecular flexibility index (Phi) is 4.18.